The lowest BCUT2D eigenvalue weighted by atomic mass is 10.1. The van der Waals surface area contributed by atoms with E-state index in [4.69, 9.17) is 16.3 Å². The van der Waals surface area contributed by atoms with Gasteiger partial charge in [0.05, 0.1) is 25.5 Å². The molecule has 1 heterocycles. The van der Waals surface area contributed by atoms with Gasteiger partial charge in [0.1, 0.15) is 16.5 Å². The van der Waals surface area contributed by atoms with Crippen LogP contribution < -0.4 is 20.3 Å². The van der Waals surface area contributed by atoms with Gasteiger partial charge in [-0.25, -0.2) is 9.69 Å². The van der Waals surface area contributed by atoms with Crippen LogP contribution in [0.3, 0.4) is 0 Å². The predicted molar refractivity (Wildman–Crippen MR) is 134 cm³/mol. The number of anilines is 3. The van der Waals surface area contributed by atoms with E-state index < -0.39 is 23.7 Å². The molecule has 0 aliphatic carbocycles. The summed E-state index contributed by atoms with van der Waals surface area (Å²) in [4.78, 5) is 50.8. The summed E-state index contributed by atoms with van der Waals surface area (Å²) in [6.07, 6.45) is 0. The fourth-order valence-corrected chi connectivity index (χ4v) is 3.68. The van der Waals surface area contributed by atoms with Gasteiger partial charge in [-0.15, -0.1) is 0 Å². The van der Waals surface area contributed by atoms with Crippen LogP contribution >= 0.6 is 11.6 Å². The van der Waals surface area contributed by atoms with Crippen molar-refractivity contribution in [3.63, 3.8) is 0 Å². The Labute approximate surface area is 211 Å². The second kappa shape index (κ2) is 10.3. The second-order valence-corrected chi connectivity index (χ2v) is 7.94. The van der Waals surface area contributed by atoms with Crippen LogP contribution in [0.25, 0.3) is 0 Å². The van der Waals surface area contributed by atoms with Crippen molar-refractivity contribution >= 4 is 52.4 Å². The number of hydrogen-bond acceptors (Lipinski definition) is 7. The largest absolute Gasteiger partial charge is 0.497 e. The van der Waals surface area contributed by atoms with Crippen LogP contribution in [0.5, 0.6) is 5.75 Å². The summed E-state index contributed by atoms with van der Waals surface area (Å²) in [6.45, 7) is 0. The minimum Gasteiger partial charge on any atom is -0.497 e. The Hall–Kier alpha value is -4.63. The van der Waals surface area contributed by atoms with Crippen molar-refractivity contribution in [2.75, 3.05) is 29.8 Å². The van der Waals surface area contributed by atoms with Crippen LogP contribution in [0.2, 0.25) is 0 Å². The standard InChI is InChI=1S/C26H20ClN3O6/c1-35-20-12-10-19(11-13-20)30-24(32)21(27)22(25(30)33)28-17-8-6-15(7-9-17)23(31)29-18-5-3-4-16(14-18)26(34)36-2/h3-14,28H,1-2H3,(H,29,31). The molecule has 0 bridgehead atoms. The van der Waals surface area contributed by atoms with Gasteiger partial charge in [0.25, 0.3) is 17.7 Å². The molecule has 0 spiro atoms. The molecule has 0 atom stereocenters. The smallest absolute Gasteiger partial charge is 0.337 e. The molecule has 0 saturated heterocycles. The molecule has 1 aliphatic rings. The molecule has 0 unspecified atom stereocenters. The van der Waals surface area contributed by atoms with E-state index in [1.165, 1.54) is 20.3 Å². The number of nitrogens with one attached hydrogen (secondary N) is 2. The quantitative estimate of drug-likeness (QED) is 0.366. The van der Waals surface area contributed by atoms with Crippen molar-refractivity contribution < 1.29 is 28.7 Å². The third-order valence-electron chi connectivity index (χ3n) is 5.32. The molecule has 0 fully saturated rings. The summed E-state index contributed by atoms with van der Waals surface area (Å²) in [6, 6.07) is 19.0. The summed E-state index contributed by atoms with van der Waals surface area (Å²) < 4.78 is 9.79. The number of esters is 1. The van der Waals surface area contributed by atoms with Crippen molar-refractivity contribution in [2.24, 2.45) is 0 Å². The third-order valence-corrected chi connectivity index (χ3v) is 5.67. The van der Waals surface area contributed by atoms with Gasteiger partial charge in [-0.3, -0.25) is 14.4 Å². The average molecular weight is 506 g/mol. The summed E-state index contributed by atoms with van der Waals surface area (Å²) in [5.41, 5.74) is 1.79. The highest BCUT2D eigenvalue weighted by Gasteiger charge is 2.39. The molecule has 3 aromatic rings. The molecule has 10 heteroatoms. The van der Waals surface area contributed by atoms with Gasteiger partial charge in [0.15, 0.2) is 0 Å². The number of rotatable bonds is 7. The molecule has 9 nitrogen and oxygen atoms in total. The van der Waals surface area contributed by atoms with E-state index >= 15 is 0 Å². The maximum Gasteiger partial charge on any atom is 0.337 e. The molecule has 0 saturated carbocycles. The molecular weight excluding hydrogens is 486 g/mol. The lowest BCUT2D eigenvalue weighted by Crippen LogP contribution is -2.32. The molecule has 2 N–H and O–H groups in total. The minimum absolute atomic E-state index is 0.0747. The molecule has 3 aromatic carbocycles. The van der Waals surface area contributed by atoms with Crippen molar-refractivity contribution in [1.29, 1.82) is 0 Å². The molecule has 36 heavy (non-hydrogen) atoms. The average Bonchev–Trinajstić information content (AvgIpc) is 3.11. The van der Waals surface area contributed by atoms with Gasteiger partial charge in [0, 0.05) is 16.9 Å². The first-order valence-electron chi connectivity index (χ1n) is 10.6. The Kier molecular flexibility index (Phi) is 7.03. The van der Waals surface area contributed by atoms with Gasteiger partial charge in [-0.05, 0) is 66.7 Å². The Balaban J connectivity index is 1.45. The first kappa shape index (κ1) is 24.5. The van der Waals surface area contributed by atoms with Crippen LogP contribution in [0, 0.1) is 0 Å². The Morgan fingerprint density at radius 3 is 2.17 bits per heavy atom. The number of amides is 3. The fraction of sp³-hybridized carbons (Fsp3) is 0.0769. The molecule has 3 amide bonds. The molecule has 0 radical (unpaired) electrons. The van der Waals surface area contributed by atoms with Crippen LogP contribution in [0.4, 0.5) is 17.1 Å². The van der Waals surface area contributed by atoms with Gasteiger partial charge in [0.2, 0.25) is 0 Å². The summed E-state index contributed by atoms with van der Waals surface area (Å²) in [5.74, 6) is -1.60. The number of ether oxygens (including phenoxy) is 2. The zero-order chi connectivity index (χ0) is 25.8. The van der Waals surface area contributed by atoms with Crippen molar-refractivity contribution in [3.05, 3.63) is 94.7 Å². The highest BCUT2D eigenvalue weighted by atomic mass is 35.5. The predicted octanol–water partition coefficient (Wildman–Crippen LogP) is 4.17. The zero-order valence-corrected chi connectivity index (χ0v) is 20.0. The number of nitrogens with zero attached hydrogens (tertiary/aromatic N) is 1. The van der Waals surface area contributed by atoms with E-state index in [9.17, 15) is 19.2 Å². The zero-order valence-electron chi connectivity index (χ0n) is 19.2. The van der Waals surface area contributed by atoms with E-state index in [0.717, 1.165) is 4.90 Å². The SMILES string of the molecule is COC(=O)c1cccc(NC(=O)c2ccc(NC3=C(Cl)C(=O)N(c4ccc(OC)cc4)C3=O)cc2)c1. The van der Waals surface area contributed by atoms with Crippen LogP contribution in [-0.4, -0.2) is 37.9 Å². The van der Waals surface area contributed by atoms with E-state index in [1.807, 2.05) is 0 Å². The van der Waals surface area contributed by atoms with Crippen molar-refractivity contribution in [2.45, 2.75) is 0 Å². The summed E-state index contributed by atoms with van der Waals surface area (Å²) in [5, 5.41) is 5.33. The number of imide groups is 1. The second-order valence-electron chi connectivity index (χ2n) is 7.56. The Morgan fingerprint density at radius 1 is 0.833 bits per heavy atom. The Morgan fingerprint density at radius 2 is 1.53 bits per heavy atom. The molecule has 4 rings (SSSR count). The number of benzene rings is 3. The third kappa shape index (κ3) is 4.91. The summed E-state index contributed by atoms with van der Waals surface area (Å²) in [7, 11) is 2.79. The van der Waals surface area contributed by atoms with Gasteiger partial charge >= 0.3 is 5.97 Å². The molecule has 1 aliphatic heterocycles. The molecule has 182 valence electrons. The van der Waals surface area contributed by atoms with Crippen molar-refractivity contribution in [3.8, 4) is 5.75 Å². The number of methoxy groups -OCH3 is 2. The minimum atomic E-state index is -0.653. The molecule has 0 aromatic heterocycles. The highest BCUT2D eigenvalue weighted by molar-refractivity contribution is 6.53. The van der Waals surface area contributed by atoms with E-state index in [-0.39, 0.29) is 10.7 Å². The van der Waals surface area contributed by atoms with Crippen LogP contribution in [0.1, 0.15) is 20.7 Å². The van der Waals surface area contributed by atoms with Gasteiger partial charge < -0.3 is 20.1 Å². The topological polar surface area (TPSA) is 114 Å². The monoisotopic (exact) mass is 505 g/mol. The number of halogens is 1. The maximum atomic E-state index is 12.9. The van der Waals surface area contributed by atoms with Gasteiger partial charge in [-0.1, -0.05) is 17.7 Å². The van der Waals surface area contributed by atoms with Crippen LogP contribution in [-0.2, 0) is 14.3 Å². The lowest BCUT2D eigenvalue weighted by Gasteiger charge is -2.15. The normalized spacial score (nSPS) is 13.0. The number of carbonyl (C=O) groups is 4. The lowest BCUT2D eigenvalue weighted by molar-refractivity contribution is -0.120. The van der Waals surface area contributed by atoms with Crippen LogP contribution in [0.15, 0.2) is 83.5 Å². The number of hydrogen-bond donors (Lipinski definition) is 2. The van der Waals surface area contributed by atoms with E-state index in [0.29, 0.717) is 33.9 Å². The number of carbonyl (C=O) groups excluding carboxylic acids is 4. The first-order chi connectivity index (χ1) is 17.3. The summed E-state index contributed by atoms with van der Waals surface area (Å²) >= 11 is 6.18. The highest BCUT2D eigenvalue weighted by Crippen LogP contribution is 2.31. The van der Waals surface area contributed by atoms with E-state index in [1.54, 1.807) is 66.7 Å². The van der Waals surface area contributed by atoms with Gasteiger partial charge in [-0.2, -0.15) is 0 Å². The first-order valence-corrected chi connectivity index (χ1v) is 11.0. The van der Waals surface area contributed by atoms with Crippen molar-refractivity contribution in [1.82, 2.24) is 0 Å². The fourth-order valence-electron chi connectivity index (χ4n) is 3.47. The van der Waals surface area contributed by atoms with E-state index in [2.05, 4.69) is 15.4 Å². The Bertz CT molecular complexity index is 1380. The maximum absolute atomic E-state index is 12.9. The molecular formula is C26H20ClN3O6.